The SMILES string of the molecule is Cc1cc2c3c(c1)N1c4c(cc(C(C)(C)C)cc4C4(C)CCCCC14C)B3c1ccc3c(c1N2c1ccc(C(C)(C)C)cc1C)C(C)(C)c1ccccc1-3. The van der Waals surface area contributed by atoms with Gasteiger partial charge in [-0.2, -0.15) is 0 Å². The van der Waals surface area contributed by atoms with Gasteiger partial charge in [0.25, 0.3) is 6.71 Å². The number of anilines is 5. The van der Waals surface area contributed by atoms with Crippen molar-refractivity contribution in [2.75, 3.05) is 9.80 Å². The Balaban J connectivity index is 1.37. The van der Waals surface area contributed by atoms with Gasteiger partial charge in [-0.05, 0) is 129 Å². The summed E-state index contributed by atoms with van der Waals surface area (Å²) in [5, 5.41) is 0. The number of hydrogen-bond acceptors (Lipinski definition) is 2. The van der Waals surface area contributed by atoms with E-state index in [1.807, 2.05) is 0 Å². The first-order valence-corrected chi connectivity index (χ1v) is 20.7. The molecule has 2 unspecified atom stereocenters. The van der Waals surface area contributed by atoms with Gasteiger partial charge in [-0.1, -0.05) is 136 Å². The Kier molecular flexibility index (Phi) is 6.69. The lowest BCUT2D eigenvalue weighted by molar-refractivity contribution is 0.195. The molecule has 54 heavy (non-hydrogen) atoms. The van der Waals surface area contributed by atoms with Crippen LogP contribution in [0.4, 0.5) is 28.4 Å². The van der Waals surface area contributed by atoms with Gasteiger partial charge in [0.05, 0.1) is 5.54 Å². The van der Waals surface area contributed by atoms with Crippen LogP contribution in [0.3, 0.4) is 0 Å². The number of benzene rings is 5. The van der Waals surface area contributed by atoms with Crippen molar-refractivity contribution in [3.63, 3.8) is 0 Å². The molecule has 10 rings (SSSR count). The van der Waals surface area contributed by atoms with E-state index in [4.69, 9.17) is 0 Å². The normalized spacial score (nSPS) is 22.7. The van der Waals surface area contributed by atoms with E-state index in [0.29, 0.717) is 0 Å². The summed E-state index contributed by atoms with van der Waals surface area (Å²) in [4.78, 5) is 5.61. The fourth-order valence-electron chi connectivity index (χ4n) is 11.9. The summed E-state index contributed by atoms with van der Waals surface area (Å²) in [5.41, 5.74) is 24.2. The Hall–Kier alpha value is -4.24. The molecule has 2 atom stereocenters. The van der Waals surface area contributed by atoms with E-state index >= 15 is 0 Å². The average molecular weight is 709 g/mol. The van der Waals surface area contributed by atoms with Gasteiger partial charge in [-0.15, -0.1) is 0 Å². The van der Waals surface area contributed by atoms with Crippen LogP contribution in [0, 0.1) is 13.8 Å². The Labute approximate surface area is 325 Å². The molecule has 0 amide bonds. The van der Waals surface area contributed by atoms with Crippen LogP contribution in [0.2, 0.25) is 0 Å². The molecule has 3 aliphatic heterocycles. The van der Waals surface area contributed by atoms with Crippen molar-refractivity contribution in [3.8, 4) is 11.1 Å². The maximum atomic E-state index is 2.89. The largest absolute Gasteiger partial charge is 0.335 e. The number of rotatable bonds is 1. The molecule has 3 heterocycles. The molecule has 2 aliphatic carbocycles. The summed E-state index contributed by atoms with van der Waals surface area (Å²) in [5.74, 6) is 0. The summed E-state index contributed by atoms with van der Waals surface area (Å²) in [7, 11) is 0. The summed E-state index contributed by atoms with van der Waals surface area (Å²) in [6.07, 6.45) is 5.03. The topological polar surface area (TPSA) is 6.48 Å². The maximum absolute atomic E-state index is 2.89. The Morgan fingerprint density at radius 2 is 1.31 bits per heavy atom. The maximum Gasteiger partial charge on any atom is 0.252 e. The van der Waals surface area contributed by atoms with Crippen LogP contribution in [-0.4, -0.2) is 12.3 Å². The zero-order chi connectivity index (χ0) is 38.1. The molecule has 5 aromatic rings. The van der Waals surface area contributed by atoms with Crippen molar-refractivity contribution in [1.82, 2.24) is 0 Å². The van der Waals surface area contributed by atoms with Gasteiger partial charge in [-0.25, -0.2) is 0 Å². The van der Waals surface area contributed by atoms with Gasteiger partial charge in [0.15, 0.2) is 0 Å². The summed E-state index contributed by atoms with van der Waals surface area (Å²) < 4.78 is 0. The minimum atomic E-state index is -0.162. The predicted molar refractivity (Wildman–Crippen MR) is 233 cm³/mol. The highest BCUT2D eigenvalue weighted by atomic mass is 15.3. The molecule has 5 aromatic carbocycles. The van der Waals surface area contributed by atoms with E-state index in [2.05, 4.69) is 172 Å². The highest BCUT2D eigenvalue weighted by molar-refractivity contribution is 7.00. The van der Waals surface area contributed by atoms with Gasteiger partial charge in [0.2, 0.25) is 0 Å². The van der Waals surface area contributed by atoms with Crippen molar-refractivity contribution in [2.24, 2.45) is 0 Å². The van der Waals surface area contributed by atoms with Gasteiger partial charge in [-0.3, -0.25) is 0 Å². The number of nitrogens with zero attached hydrogens (tertiary/aromatic N) is 2. The van der Waals surface area contributed by atoms with E-state index in [0.717, 1.165) is 0 Å². The van der Waals surface area contributed by atoms with Crippen LogP contribution in [0.15, 0.2) is 78.9 Å². The second-order valence-electron chi connectivity index (χ2n) is 20.7. The molecule has 0 bridgehead atoms. The van der Waals surface area contributed by atoms with Crippen molar-refractivity contribution >= 4 is 51.5 Å². The van der Waals surface area contributed by atoms with Gasteiger partial charge >= 0.3 is 0 Å². The first kappa shape index (κ1) is 34.3. The Morgan fingerprint density at radius 1 is 0.611 bits per heavy atom. The van der Waals surface area contributed by atoms with Crippen molar-refractivity contribution in [1.29, 1.82) is 0 Å². The fraction of sp³-hybridized carbons (Fsp3) is 0.412. The summed E-state index contributed by atoms with van der Waals surface area (Å²) >= 11 is 0. The van der Waals surface area contributed by atoms with E-state index in [9.17, 15) is 0 Å². The molecule has 3 heteroatoms. The third-order valence-electron chi connectivity index (χ3n) is 15.0. The minimum absolute atomic E-state index is 0.00231. The number of fused-ring (bicyclic) bond motifs is 11. The second-order valence-corrected chi connectivity index (χ2v) is 20.7. The van der Waals surface area contributed by atoms with E-state index < -0.39 is 0 Å². The second kappa shape index (κ2) is 10.5. The standard InChI is InChI=1S/C51H57BN2/c1-30-25-41-44-42(26-30)54-45-37(50(11)23-15-16-24-51(50,54)12)28-33(48(6,7)8)29-39(45)52(44)38-21-20-35-34-17-13-14-18-36(34)49(9,10)43(35)46(38)53(41)40-22-19-32(27-31(40)2)47(3,4)5/h13-14,17-22,25-29H,15-16,23-24H2,1-12H3. The molecule has 0 saturated heterocycles. The third kappa shape index (κ3) is 4.14. The molecule has 1 saturated carbocycles. The lowest BCUT2D eigenvalue weighted by Gasteiger charge is -2.53. The molecule has 0 radical (unpaired) electrons. The zero-order valence-corrected chi connectivity index (χ0v) is 34.8. The van der Waals surface area contributed by atoms with Crippen LogP contribution in [0.1, 0.15) is 134 Å². The Morgan fingerprint density at radius 3 is 2.04 bits per heavy atom. The van der Waals surface area contributed by atoms with Gasteiger partial charge < -0.3 is 9.80 Å². The van der Waals surface area contributed by atoms with E-state index in [1.165, 1.54) is 115 Å². The molecule has 274 valence electrons. The molecule has 1 fully saturated rings. The quantitative estimate of drug-likeness (QED) is 0.157. The molecular formula is C51H57BN2. The molecule has 5 aliphatic rings. The molecule has 2 nitrogen and oxygen atoms in total. The van der Waals surface area contributed by atoms with Crippen molar-refractivity contribution < 1.29 is 0 Å². The minimum Gasteiger partial charge on any atom is -0.335 e. The first-order valence-electron chi connectivity index (χ1n) is 20.7. The van der Waals surface area contributed by atoms with Gasteiger partial charge in [0, 0.05) is 39.3 Å². The first-order chi connectivity index (χ1) is 25.4. The average Bonchev–Trinajstić information content (AvgIpc) is 3.47. The van der Waals surface area contributed by atoms with Crippen LogP contribution in [0.25, 0.3) is 11.1 Å². The van der Waals surface area contributed by atoms with Crippen LogP contribution in [0.5, 0.6) is 0 Å². The molecule has 0 spiro atoms. The van der Waals surface area contributed by atoms with Crippen molar-refractivity contribution in [3.05, 3.63) is 118 Å². The lowest BCUT2D eigenvalue weighted by atomic mass is 9.33. The Bertz CT molecular complexity index is 2470. The zero-order valence-electron chi connectivity index (χ0n) is 34.8. The van der Waals surface area contributed by atoms with Crippen LogP contribution >= 0.6 is 0 Å². The predicted octanol–water partition coefficient (Wildman–Crippen LogP) is 11.6. The number of aryl methyl sites for hydroxylation is 2. The molecule has 0 N–H and O–H groups in total. The monoisotopic (exact) mass is 708 g/mol. The lowest BCUT2D eigenvalue weighted by Crippen LogP contribution is -2.65. The van der Waals surface area contributed by atoms with E-state index in [1.54, 1.807) is 5.56 Å². The van der Waals surface area contributed by atoms with Crippen LogP contribution < -0.4 is 26.2 Å². The van der Waals surface area contributed by atoms with E-state index in [-0.39, 0.29) is 33.9 Å². The highest BCUT2D eigenvalue weighted by Gasteiger charge is 2.62. The smallest absolute Gasteiger partial charge is 0.252 e. The van der Waals surface area contributed by atoms with Crippen LogP contribution in [-0.2, 0) is 21.7 Å². The number of hydrogen-bond donors (Lipinski definition) is 0. The molecule has 0 aromatic heterocycles. The fourth-order valence-corrected chi connectivity index (χ4v) is 11.9. The van der Waals surface area contributed by atoms with Crippen molar-refractivity contribution in [2.45, 2.75) is 136 Å². The summed E-state index contributed by atoms with van der Waals surface area (Å²) in [6.45, 7) is 29.2. The highest BCUT2D eigenvalue weighted by Crippen LogP contribution is 2.63. The van der Waals surface area contributed by atoms with Gasteiger partial charge in [0.1, 0.15) is 0 Å². The summed E-state index contributed by atoms with van der Waals surface area (Å²) in [6, 6.07) is 31.8. The molecular weight excluding hydrogens is 651 g/mol. The third-order valence-corrected chi connectivity index (χ3v) is 15.0.